The van der Waals surface area contributed by atoms with Gasteiger partial charge in [-0.05, 0) is 17.9 Å². The summed E-state index contributed by atoms with van der Waals surface area (Å²) < 4.78 is 0.610. The molecule has 1 amide bonds. The number of thiophene rings is 1. The van der Waals surface area contributed by atoms with Gasteiger partial charge < -0.3 is 15.6 Å². The lowest BCUT2D eigenvalue weighted by molar-refractivity contribution is -0.134. The summed E-state index contributed by atoms with van der Waals surface area (Å²) in [5, 5.41) is 1.83. The van der Waals surface area contributed by atoms with Gasteiger partial charge in [0.25, 0.3) is 5.56 Å². The van der Waals surface area contributed by atoms with Crippen LogP contribution in [0.2, 0.25) is 0 Å². The fourth-order valence-corrected chi connectivity index (χ4v) is 3.03. The molecule has 21 heavy (non-hydrogen) atoms. The molecule has 3 N–H and O–H groups in total. The number of nitrogens with two attached hydrogens (primary N) is 1. The van der Waals surface area contributed by atoms with Crippen molar-refractivity contribution >= 4 is 27.5 Å². The molecule has 0 spiro atoms. The number of rotatable bonds is 6. The topological polar surface area (TPSA) is 92.1 Å². The first-order chi connectivity index (χ1) is 10.1. The lowest BCUT2D eigenvalue weighted by atomic mass is 10.0. The standard InChI is InChI=1S/C14H20N4O2S/c1-3-4-9(7-15)14(20)18(2)8-11-16-10-5-6-21-12(10)13(19)17-11/h5-6,9H,3-4,7-8,15H2,1-2H3,(H,16,17,19). The monoisotopic (exact) mass is 308 g/mol. The van der Waals surface area contributed by atoms with Crippen molar-refractivity contribution in [3.63, 3.8) is 0 Å². The molecule has 114 valence electrons. The average molecular weight is 308 g/mol. The van der Waals surface area contributed by atoms with Crippen LogP contribution < -0.4 is 11.3 Å². The van der Waals surface area contributed by atoms with Crippen LogP contribution in [0.1, 0.15) is 25.6 Å². The molecule has 0 saturated carbocycles. The Balaban J connectivity index is 2.15. The van der Waals surface area contributed by atoms with E-state index in [0.717, 1.165) is 12.8 Å². The van der Waals surface area contributed by atoms with Gasteiger partial charge >= 0.3 is 0 Å². The van der Waals surface area contributed by atoms with Gasteiger partial charge in [0.2, 0.25) is 5.91 Å². The van der Waals surface area contributed by atoms with Crippen LogP contribution in [0.4, 0.5) is 0 Å². The van der Waals surface area contributed by atoms with Crippen molar-refractivity contribution in [3.05, 3.63) is 27.6 Å². The highest BCUT2D eigenvalue weighted by Crippen LogP contribution is 2.15. The van der Waals surface area contributed by atoms with Crippen molar-refractivity contribution in [1.82, 2.24) is 14.9 Å². The van der Waals surface area contributed by atoms with Crippen molar-refractivity contribution in [2.75, 3.05) is 13.6 Å². The van der Waals surface area contributed by atoms with Gasteiger partial charge in [-0.15, -0.1) is 11.3 Å². The van der Waals surface area contributed by atoms with Crippen LogP contribution in [-0.4, -0.2) is 34.4 Å². The lowest BCUT2D eigenvalue weighted by Gasteiger charge is -2.22. The molecule has 6 nitrogen and oxygen atoms in total. The third kappa shape index (κ3) is 3.48. The first kappa shape index (κ1) is 15.7. The molecule has 7 heteroatoms. The molecule has 2 heterocycles. The van der Waals surface area contributed by atoms with E-state index >= 15 is 0 Å². The second-order valence-corrected chi connectivity index (χ2v) is 5.98. The summed E-state index contributed by atoms with van der Waals surface area (Å²) in [6.07, 6.45) is 1.69. The van der Waals surface area contributed by atoms with Gasteiger partial charge in [0.05, 0.1) is 18.0 Å². The summed E-state index contributed by atoms with van der Waals surface area (Å²) in [7, 11) is 1.71. The Morgan fingerprint density at radius 1 is 1.57 bits per heavy atom. The Morgan fingerprint density at radius 2 is 2.33 bits per heavy atom. The SMILES string of the molecule is CCCC(CN)C(=O)N(C)Cc1nc2ccsc2c(=O)[nH]1. The molecule has 0 bridgehead atoms. The molecule has 0 aliphatic carbocycles. The average Bonchev–Trinajstić information content (AvgIpc) is 2.92. The normalized spacial score (nSPS) is 12.5. The van der Waals surface area contributed by atoms with E-state index in [0.29, 0.717) is 22.6 Å². The quantitative estimate of drug-likeness (QED) is 0.842. The first-order valence-electron chi connectivity index (χ1n) is 6.98. The van der Waals surface area contributed by atoms with E-state index in [-0.39, 0.29) is 23.9 Å². The summed E-state index contributed by atoms with van der Waals surface area (Å²) in [5.41, 5.74) is 6.17. The highest BCUT2D eigenvalue weighted by Gasteiger charge is 2.20. The molecule has 2 aromatic heterocycles. The third-order valence-corrected chi connectivity index (χ3v) is 4.30. The van der Waals surface area contributed by atoms with E-state index in [1.54, 1.807) is 18.0 Å². The molecule has 2 rings (SSSR count). The summed E-state index contributed by atoms with van der Waals surface area (Å²) in [6, 6.07) is 1.81. The van der Waals surface area contributed by atoms with Crippen LogP contribution in [0.25, 0.3) is 10.2 Å². The molecule has 2 aromatic rings. The van der Waals surface area contributed by atoms with Crippen molar-refractivity contribution in [3.8, 4) is 0 Å². The van der Waals surface area contributed by atoms with Gasteiger partial charge in [-0.25, -0.2) is 4.98 Å². The second kappa shape index (κ2) is 6.82. The summed E-state index contributed by atoms with van der Waals surface area (Å²) >= 11 is 1.36. The van der Waals surface area contributed by atoms with Gasteiger partial charge in [0.1, 0.15) is 10.5 Å². The van der Waals surface area contributed by atoms with Crippen molar-refractivity contribution in [2.45, 2.75) is 26.3 Å². The Kier molecular flexibility index (Phi) is 5.08. The summed E-state index contributed by atoms with van der Waals surface area (Å²) in [5.74, 6) is 0.318. The molecular formula is C14H20N4O2S. The molecule has 0 radical (unpaired) electrons. The molecule has 1 unspecified atom stereocenters. The molecular weight excluding hydrogens is 288 g/mol. The molecule has 1 atom stereocenters. The minimum Gasteiger partial charge on any atom is -0.338 e. The molecule has 0 aliphatic rings. The Labute approximate surface area is 127 Å². The number of hydrogen-bond donors (Lipinski definition) is 2. The molecule has 0 aliphatic heterocycles. The van der Waals surface area contributed by atoms with E-state index in [1.165, 1.54) is 11.3 Å². The Bertz CT molecular complexity index is 679. The van der Waals surface area contributed by atoms with E-state index in [1.807, 2.05) is 12.3 Å². The van der Waals surface area contributed by atoms with Crippen molar-refractivity contribution < 1.29 is 4.79 Å². The van der Waals surface area contributed by atoms with Crippen LogP contribution in [0, 0.1) is 5.92 Å². The molecule has 0 saturated heterocycles. The van der Waals surface area contributed by atoms with Crippen LogP contribution in [0.3, 0.4) is 0 Å². The number of nitrogens with one attached hydrogen (secondary N) is 1. The van der Waals surface area contributed by atoms with E-state index in [9.17, 15) is 9.59 Å². The summed E-state index contributed by atoms with van der Waals surface area (Å²) in [4.78, 5) is 32.9. The van der Waals surface area contributed by atoms with E-state index in [2.05, 4.69) is 9.97 Å². The zero-order valence-corrected chi connectivity index (χ0v) is 13.1. The number of aromatic amines is 1. The van der Waals surface area contributed by atoms with Gasteiger partial charge in [-0.3, -0.25) is 9.59 Å². The smallest absolute Gasteiger partial charge is 0.268 e. The third-order valence-electron chi connectivity index (χ3n) is 3.40. The predicted molar refractivity (Wildman–Crippen MR) is 84.2 cm³/mol. The number of fused-ring (bicyclic) bond motifs is 1. The van der Waals surface area contributed by atoms with Gasteiger partial charge in [-0.2, -0.15) is 0 Å². The van der Waals surface area contributed by atoms with Crippen LogP contribution in [0.5, 0.6) is 0 Å². The Hall–Kier alpha value is -1.73. The predicted octanol–water partition coefficient (Wildman–Crippen LogP) is 1.32. The first-order valence-corrected chi connectivity index (χ1v) is 7.86. The van der Waals surface area contributed by atoms with Crippen LogP contribution in [0.15, 0.2) is 16.2 Å². The number of aromatic nitrogens is 2. The zero-order chi connectivity index (χ0) is 15.4. The number of amides is 1. The van der Waals surface area contributed by atoms with Crippen LogP contribution >= 0.6 is 11.3 Å². The summed E-state index contributed by atoms with van der Waals surface area (Å²) in [6.45, 7) is 2.64. The number of H-pyrrole nitrogens is 1. The maximum Gasteiger partial charge on any atom is 0.268 e. The zero-order valence-electron chi connectivity index (χ0n) is 12.3. The highest BCUT2D eigenvalue weighted by atomic mass is 32.1. The fourth-order valence-electron chi connectivity index (χ4n) is 2.30. The minimum atomic E-state index is -0.170. The van der Waals surface area contributed by atoms with Crippen molar-refractivity contribution in [1.29, 1.82) is 0 Å². The van der Waals surface area contributed by atoms with Gasteiger partial charge in [0.15, 0.2) is 0 Å². The fraction of sp³-hybridized carbons (Fsp3) is 0.500. The maximum atomic E-state index is 12.3. The maximum absolute atomic E-state index is 12.3. The number of nitrogens with zero attached hydrogens (tertiary/aromatic N) is 2. The minimum absolute atomic E-state index is 0.00702. The lowest BCUT2D eigenvalue weighted by Crippen LogP contribution is -2.36. The Morgan fingerprint density at radius 3 is 3.00 bits per heavy atom. The van der Waals surface area contributed by atoms with E-state index < -0.39 is 0 Å². The molecule has 0 fully saturated rings. The van der Waals surface area contributed by atoms with Gasteiger partial charge in [-0.1, -0.05) is 13.3 Å². The van der Waals surface area contributed by atoms with Gasteiger partial charge in [0, 0.05) is 13.6 Å². The number of hydrogen-bond acceptors (Lipinski definition) is 5. The largest absolute Gasteiger partial charge is 0.338 e. The number of carbonyl (C=O) groups excluding carboxylic acids is 1. The second-order valence-electron chi connectivity index (χ2n) is 5.06. The van der Waals surface area contributed by atoms with E-state index in [4.69, 9.17) is 5.73 Å². The molecule has 0 aromatic carbocycles. The number of carbonyl (C=O) groups is 1. The van der Waals surface area contributed by atoms with Crippen LogP contribution in [-0.2, 0) is 11.3 Å². The highest BCUT2D eigenvalue weighted by molar-refractivity contribution is 7.17. The van der Waals surface area contributed by atoms with Crippen molar-refractivity contribution in [2.24, 2.45) is 11.7 Å².